The van der Waals surface area contributed by atoms with E-state index in [1.165, 1.54) is 28.6 Å². The Labute approximate surface area is 129 Å². The molecule has 2 rings (SSSR count). The molecule has 0 heterocycles. The number of nitro benzene ring substituents is 1. The lowest BCUT2D eigenvalue weighted by atomic mass is 10.2. The Hall–Kier alpha value is -2.41. The first-order chi connectivity index (χ1) is 10.4. The lowest BCUT2D eigenvalue weighted by Gasteiger charge is -2.22. The molecule has 0 atom stereocenters. The molecular formula is C15H16N2O4S. The van der Waals surface area contributed by atoms with Crippen LogP contribution in [0.1, 0.15) is 12.5 Å². The van der Waals surface area contributed by atoms with Crippen LogP contribution in [0.2, 0.25) is 0 Å². The van der Waals surface area contributed by atoms with Crippen molar-refractivity contribution in [3.05, 3.63) is 64.2 Å². The SMILES string of the molecule is CCN(c1ccc([N+](=O)[O-])cc1)S(=O)(=O)c1ccc(C)cc1. The van der Waals surface area contributed by atoms with Gasteiger partial charge >= 0.3 is 0 Å². The summed E-state index contributed by atoms with van der Waals surface area (Å²) in [6, 6.07) is 12.0. The van der Waals surface area contributed by atoms with Crippen molar-refractivity contribution < 1.29 is 13.3 Å². The second-order valence-corrected chi connectivity index (χ2v) is 6.62. The molecule has 0 amide bonds. The van der Waals surface area contributed by atoms with E-state index in [0.29, 0.717) is 5.69 Å². The second-order valence-electron chi connectivity index (χ2n) is 4.76. The molecule has 0 aliphatic carbocycles. The minimum atomic E-state index is -3.69. The first-order valence-electron chi connectivity index (χ1n) is 6.70. The van der Waals surface area contributed by atoms with E-state index in [2.05, 4.69) is 0 Å². The van der Waals surface area contributed by atoms with E-state index in [4.69, 9.17) is 0 Å². The molecule has 0 aliphatic heterocycles. The van der Waals surface area contributed by atoms with E-state index in [1.807, 2.05) is 6.92 Å². The van der Waals surface area contributed by atoms with Crippen LogP contribution in [-0.4, -0.2) is 19.9 Å². The van der Waals surface area contributed by atoms with Crippen LogP contribution in [-0.2, 0) is 10.0 Å². The van der Waals surface area contributed by atoms with Gasteiger partial charge in [-0.25, -0.2) is 8.42 Å². The number of aryl methyl sites for hydroxylation is 1. The lowest BCUT2D eigenvalue weighted by Crippen LogP contribution is -2.30. The number of anilines is 1. The van der Waals surface area contributed by atoms with Gasteiger partial charge in [-0.2, -0.15) is 0 Å². The maximum atomic E-state index is 12.7. The van der Waals surface area contributed by atoms with Crippen molar-refractivity contribution >= 4 is 21.4 Å². The van der Waals surface area contributed by atoms with Gasteiger partial charge in [-0.1, -0.05) is 17.7 Å². The largest absolute Gasteiger partial charge is 0.269 e. The molecule has 7 heteroatoms. The summed E-state index contributed by atoms with van der Waals surface area (Å²) in [7, 11) is -3.69. The summed E-state index contributed by atoms with van der Waals surface area (Å²) in [6.45, 7) is 3.82. The number of benzene rings is 2. The van der Waals surface area contributed by atoms with Crippen molar-refractivity contribution in [2.24, 2.45) is 0 Å². The van der Waals surface area contributed by atoms with Crippen molar-refractivity contribution in [2.75, 3.05) is 10.8 Å². The Bertz CT molecular complexity index is 768. The zero-order valence-electron chi connectivity index (χ0n) is 12.3. The van der Waals surface area contributed by atoms with Crippen LogP contribution in [0, 0.1) is 17.0 Å². The molecule has 2 aromatic rings. The Morgan fingerprint density at radius 3 is 2.05 bits per heavy atom. The molecule has 0 spiro atoms. The summed E-state index contributed by atoms with van der Waals surface area (Å²) in [6.07, 6.45) is 0. The Kier molecular flexibility index (Phi) is 4.46. The molecule has 0 aromatic heterocycles. The normalized spacial score (nSPS) is 11.2. The molecule has 116 valence electrons. The smallest absolute Gasteiger partial charge is 0.267 e. The van der Waals surface area contributed by atoms with Gasteiger partial charge in [-0.05, 0) is 38.1 Å². The van der Waals surface area contributed by atoms with Gasteiger partial charge in [0.15, 0.2) is 0 Å². The van der Waals surface area contributed by atoms with Gasteiger partial charge in [0.25, 0.3) is 15.7 Å². The van der Waals surface area contributed by atoms with Gasteiger partial charge in [0.05, 0.1) is 15.5 Å². The zero-order chi connectivity index (χ0) is 16.3. The van der Waals surface area contributed by atoms with Crippen molar-refractivity contribution in [1.82, 2.24) is 0 Å². The highest BCUT2D eigenvalue weighted by Crippen LogP contribution is 2.25. The summed E-state index contributed by atoms with van der Waals surface area (Å²) in [5.74, 6) is 0. The third kappa shape index (κ3) is 3.09. The average molecular weight is 320 g/mol. The highest BCUT2D eigenvalue weighted by atomic mass is 32.2. The summed E-state index contributed by atoms with van der Waals surface area (Å²) in [5, 5.41) is 10.7. The molecule has 0 unspecified atom stereocenters. The van der Waals surface area contributed by atoms with Crippen LogP contribution in [0.15, 0.2) is 53.4 Å². The molecule has 22 heavy (non-hydrogen) atoms. The number of hydrogen-bond donors (Lipinski definition) is 0. The number of nitro groups is 1. The third-order valence-corrected chi connectivity index (χ3v) is 5.16. The third-order valence-electron chi connectivity index (χ3n) is 3.24. The van der Waals surface area contributed by atoms with E-state index >= 15 is 0 Å². The summed E-state index contributed by atoms with van der Waals surface area (Å²) in [5.41, 5.74) is 1.29. The predicted octanol–water partition coefficient (Wildman–Crippen LogP) is 3.12. The van der Waals surface area contributed by atoms with Gasteiger partial charge < -0.3 is 0 Å². The quantitative estimate of drug-likeness (QED) is 0.626. The number of non-ortho nitro benzene ring substituents is 1. The topological polar surface area (TPSA) is 80.5 Å². The van der Waals surface area contributed by atoms with Crippen LogP contribution >= 0.6 is 0 Å². The first kappa shape index (κ1) is 16.0. The minimum Gasteiger partial charge on any atom is -0.267 e. The number of sulfonamides is 1. The molecule has 0 bridgehead atoms. The fourth-order valence-corrected chi connectivity index (χ4v) is 3.54. The Balaban J connectivity index is 2.42. The molecule has 0 fully saturated rings. The minimum absolute atomic E-state index is 0.0764. The number of rotatable bonds is 5. The Morgan fingerprint density at radius 2 is 1.59 bits per heavy atom. The molecule has 0 radical (unpaired) electrons. The van der Waals surface area contributed by atoms with Crippen molar-refractivity contribution in [2.45, 2.75) is 18.7 Å². The zero-order valence-corrected chi connectivity index (χ0v) is 13.1. The fourth-order valence-electron chi connectivity index (χ4n) is 2.07. The maximum Gasteiger partial charge on any atom is 0.269 e. The van der Waals surface area contributed by atoms with E-state index < -0.39 is 14.9 Å². The van der Waals surface area contributed by atoms with Gasteiger partial charge in [0, 0.05) is 18.7 Å². The summed E-state index contributed by atoms with van der Waals surface area (Å²) >= 11 is 0. The average Bonchev–Trinajstić information content (AvgIpc) is 2.48. The summed E-state index contributed by atoms with van der Waals surface area (Å²) in [4.78, 5) is 10.3. The van der Waals surface area contributed by atoms with Crippen LogP contribution in [0.5, 0.6) is 0 Å². The van der Waals surface area contributed by atoms with Crippen molar-refractivity contribution in [1.29, 1.82) is 0 Å². The highest BCUT2D eigenvalue weighted by molar-refractivity contribution is 7.92. The van der Waals surface area contributed by atoms with E-state index in [1.54, 1.807) is 31.2 Å². The van der Waals surface area contributed by atoms with Gasteiger partial charge in [0.2, 0.25) is 0 Å². The highest BCUT2D eigenvalue weighted by Gasteiger charge is 2.23. The molecule has 0 aliphatic rings. The maximum absolute atomic E-state index is 12.7. The molecule has 6 nitrogen and oxygen atoms in total. The molecule has 0 saturated heterocycles. The van der Waals surface area contributed by atoms with Crippen LogP contribution < -0.4 is 4.31 Å². The molecule has 2 aromatic carbocycles. The molecule has 0 saturated carbocycles. The summed E-state index contributed by atoms with van der Waals surface area (Å²) < 4.78 is 26.6. The lowest BCUT2D eigenvalue weighted by molar-refractivity contribution is -0.384. The van der Waals surface area contributed by atoms with Crippen LogP contribution in [0.3, 0.4) is 0 Å². The standard InChI is InChI=1S/C15H16N2O4S/c1-3-16(13-6-8-14(9-7-13)17(18)19)22(20,21)15-10-4-12(2)5-11-15/h4-11H,3H2,1-2H3. The van der Waals surface area contributed by atoms with Gasteiger partial charge in [-0.3, -0.25) is 14.4 Å². The van der Waals surface area contributed by atoms with E-state index in [9.17, 15) is 18.5 Å². The van der Waals surface area contributed by atoms with Crippen LogP contribution in [0.4, 0.5) is 11.4 Å². The monoisotopic (exact) mass is 320 g/mol. The first-order valence-corrected chi connectivity index (χ1v) is 8.14. The predicted molar refractivity (Wildman–Crippen MR) is 84.5 cm³/mol. The fraction of sp³-hybridized carbons (Fsp3) is 0.200. The van der Waals surface area contributed by atoms with Gasteiger partial charge in [0.1, 0.15) is 0 Å². The van der Waals surface area contributed by atoms with Gasteiger partial charge in [-0.15, -0.1) is 0 Å². The molecule has 0 N–H and O–H groups in total. The van der Waals surface area contributed by atoms with Crippen LogP contribution in [0.25, 0.3) is 0 Å². The second kappa shape index (κ2) is 6.15. The number of nitrogens with zero attached hydrogens (tertiary/aromatic N) is 2. The van der Waals surface area contributed by atoms with E-state index in [0.717, 1.165) is 5.56 Å². The molecular weight excluding hydrogens is 304 g/mol. The van der Waals surface area contributed by atoms with Crippen molar-refractivity contribution in [3.8, 4) is 0 Å². The van der Waals surface area contributed by atoms with Crippen molar-refractivity contribution in [3.63, 3.8) is 0 Å². The number of hydrogen-bond acceptors (Lipinski definition) is 4. The van der Waals surface area contributed by atoms with E-state index in [-0.39, 0.29) is 17.1 Å². The Morgan fingerprint density at radius 1 is 1.05 bits per heavy atom.